The summed E-state index contributed by atoms with van der Waals surface area (Å²) < 4.78 is 37.5. The van der Waals surface area contributed by atoms with E-state index < -0.39 is 11.7 Å². The van der Waals surface area contributed by atoms with Gasteiger partial charge in [-0.25, -0.2) is 0 Å². The summed E-state index contributed by atoms with van der Waals surface area (Å²) in [6.07, 6.45) is -2.08. The van der Waals surface area contributed by atoms with Crippen LogP contribution in [0.5, 0.6) is 0 Å². The molecule has 2 rings (SSSR count). The second kappa shape index (κ2) is 5.28. The van der Waals surface area contributed by atoms with Crippen molar-refractivity contribution in [2.75, 3.05) is 0 Å². The molecule has 1 aliphatic rings. The molecule has 1 saturated carbocycles. The van der Waals surface area contributed by atoms with E-state index in [0.717, 1.165) is 31.4 Å². The molecule has 2 atom stereocenters. The largest absolute Gasteiger partial charge is 0.416 e. The van der Waals surface area contributed by atoms with Crippen LogP contribution in [0.25, 0.3) is 0 Å². The Balaban J connectivity index is 1.97. The lowest BCUT2D eigenvalue weighted by atomic mass is 10.1. The van der Waals surface area contributed by atoms with Gasteiger partial charge >= 0.3 is 6.18 Å². The van der Waals surface area contributed by atoms with Crippen molar-refractivity contribution in [3.05, 3.63) is 35.4 Å². The van der Waals surface area contributed by atoms with Crippen molar-refractivity contribution >= 4 is 0 Å². The van der Waals surface area contributed by atoms with Crippen LogP contribution in [0.3, 0.4) is 0 Å². The van der Waals surface area contributed by atoms with E-state index in [1.54, 1.807) is 6.07 Å². The number of alkyl halides is 3. The van der Waals surface area contributed by atoms with Crippen LogP contribution >= 0.6 is 0 Å². The van der Waals surface area contributed by atoms with Gasteiger partial charge in [-0.1, -0.05) is 18.2 Å². The molecule has 1 aliphatic carbocycles. The van der Waals surface area contributed by atoms with Gasteiger partial charge in [0.05, 0.1) is 11.7 Å². The van der Waals surface area contributed by atoms with E-state index >= 15 is 0 Å². The summed E-state index contributed by atoms with van der Waals surface area (Å²) in [5, 5.41) is 12.7. The Labute approximate surface area is 104 Å². The monoisotopic (exact) mass is 259 g/mol. The lowest BCUT2D eigenvalue weighted by molar-refractivity contribution is -0.137. The standard InChI is InChI=1S/C13H16F3NO/c14-13(15,16)10-4-1-3-9(7-10)8-17-11-5-2-6-12(11)18/h1,3-4,7,11-12,17-18H,2,5-6,8H2. The van der Waals surface area contributed by atoms with Crippen molar-refractivity contribution in [2.24, 2.45) is 0 Å². The molecule has 2 nitrogen and oxygen atoms in total. The Morgan fingerprint density at radius 2 is 2.06 bits per heavy atom. The first kappa shape index (κ1) is 13.4. The molecule has 0 heterocycles. The van der Waals surface area contributed by atoms with Crippen LogP contribution < -0.4 is 5.32 Å². The van der Waals surface area contributed by atoms with Crippen molar-refractivity contribution in [1.29, 1.82) is 0 Å². The Hall–Kier alpha value is -1.07. The zero-order valence-electron chi connectivity index (χ0n) is 9.87. The number of aliphatic hydroxyl groups excluding tert-OH is 1. The summed E-state index contributed by atoms with van der Waals surface area (Å²) in [5.41, 5.74) is -0.0438. The molecule has 100 valence electrons. The maximum atomic E-state index is 12.5. The SMILES string of the molecule is OC1CCCC1NCc1cccc(C(F)(F)F)c1. The van der Waals surface area contributed by atoms with Crippen LogP contribution in [-0.2, 0) is 12.7 Å². The van der Waals surface area contributed by atoms with Crippen LogP contribution in [0.4, 0.5) is 13.2 Å². The average molecular weight is 259 g/mol. The molecule has 18 heavy (non-hydrogen) atoms. The van der Waals surface area contributed by atoms with Gasteiger partial charge in [0.1, 0.15) is 0 Å². The topological polar surface area (TPSA) is 32.3 Å². The van der Waals surface area contributed by atoms with Crippen molar-refractivity contribution in [1.82, 2.24) is 5.32 Å². The molecule has 0 bridgehead atoms. The van der Waals surface area contributed by atoms with E-state index in [-0.39, 0.29) is 12.1 Å². The Morgan fingerprint density at radius 3 is 2.67 bits per heavy atom. The highest BCUT2D eigenvalue weighted by Gasteiger charge is 2.30. The van der Waals surface area contributed by atoms with Gasteiger partial charge in [0.25, 0.3) is 0 Å². The number of hydrogen-bond donors (Lipinski definition) is 2. The minimum Gasteiger partial charge on any atom is -0.392 e. The van der Waals surface area contributed by atoms with Crippen LogP contribution in [0.1, 0.15) is 30.4 Å². The van der Waals surface area contributed by atoms with E-state index in [1.807, 2.05) is 0 Å². The second-order valence-corrected chi connectivity index (χ2v) is 4.68. The summed E-state index contributed by atoms with van der Waals surface area (Å²) in [6.45, 7) is 0.353. The minimum atomic E-state index is -4.30. The number of hydrogen-bond acceptors (Lipinski definition) is 2. The number of halogens is 3. The second-order valence-electron chi connectivity index (χ2n) is 4.68. The third-order valence-electron chi connectivity index (χ3n) is 3.30. The quantitative estimate of drug-likeness (QED) is 0.874. The third-order valence-corrected chi connectivity index (χ3v) is 3.30. The molecular weight excluding hydrogens is 243 g/mol. The maximum Gasteiger partial charge on any atom is 0.416 e. The molecule has 1 aromatic carbocycles. The van der Waals surface area contributed by atoms with Gasteiger partial charge in [-0.05, 0) is 30.9 Å². The molecule has 0 aromatic heterocycles. The summed E-state index contributed by atoms with van der Waals surface area (Å²) in [7, 11) is 0. The highest BCUT2D eigenvalue weighted by Crippen LogP contribution is 2.29. The predicted molar refractivity (Wildman–Crippen MR) is 61.9 cm³/mol. The smallest absolute Gasteiger partial charge is 0.392 e. The van der Waals surface area contributed by atoms with Gasteiger partial charge in [0, 0.05) is 12.6 Å². The molecule has 1 aromatic rings. The maximum absolute atomic E-state index is 12.5. The molecule has 2 unspecified atom stereocenters. The fourth-order valence-electron chi connectivity index (χ4n) is 2.29. The highest BCUT2D eigenvalue weighted by atomic mass is 19.4. The third kappa shape index (κ3) is 3.23. The summed E-state index contributed by atoms with van der Waals surface area (Å²) >= 11 is 0. The Kier molecular flexibility index (Phi) is 3.92. The van der Waals surface area contributed by atoms with Crippen molar-refractivity contribution in [3.8, 4) is 0 Å². The van der Waals surface area contributed by atoms with E-state index in [4.69, 9.17) is 0 Å². The predicted octanol–water partition coefficient (Wildman–Crippen LogP) is 2.71. The molecule has 0 radical (unpaired) electrons. The van der Waals surface area contributed by atoms with E-state index in [9.17, 15) is 18.3 Å². The first-order valence-corrected chi connectivity index (χ1v) is 6.04. The van der Waals surface area contributed by atoms with Crippen molar-refractivity contribution in [3.63, 3.8) is 0 Å². The lowest BCUT2D eigenvalue weighted by Crippen LogP contribution is -2.35. The van der Waals surface area contributed by atoms with Gasteiger partial charge in [-0.2, -0.15) is 13.2 Å². The van der Waals surface area contributed by atoms with Crippen molar-refractivity contribution in [2.45, 2.75) is 44.1 Å². The van der Waals surface area contributed by atoms with Gasteiger partial charge in [-0.15, -0.1) is 0 Å². The van der Waals surface area contributed by atoms with Crippen molar-refractivity contribution < 1.29 is 18.3 Å². The van der Waals surface area contributed by atoms with Crippen LogP contribution in [0, 0.1) is 0 Å². The van der Waals surface area contributed by atoms with E-state index in [0.29, 0.717) is 12.1 Å². The van der Waals surface area contributed by atoms with E-state index in [2.05, 4.69) is 5.32 Å². The fourth-order valence-corrected chi connectivity index (χ4v) is 2.29. The van der Waals surface area contributed by atoms with Gasteiger partial charge in [0.2, 0.25) is 0 Å². The van der Waals surface area contributed by atoms with Gasteiger partial charge in [0.15, 0.2) is 0 Å². The minimum absolute atomic E-state index is 0.000423. The number of rotatable bonds is 3. The van der Waals surface area contributed by atoms with Crippen LogP contribution in [-0.4, -0.2) is 17.3 Å². The molecular formula is C13H16F3NO. The first-order valence-electron chi connectivity index (χ1n) is 6.04. The molecule has 0 saturated heterocycles. The fraction of sp³-hybridized carbons (Fsp3) is 0.538. The molecule has 2 N–H and O–H groups in total. The van der Waals surface area contributed by atoms with Gasteiger partial charge < -0.3 is 10.4 Å². The molecule has 0 spiro atoms. The Bertz CT molecular complexity index is 405. The van der Waals surface area contributed by atoms with Gasteiger partial charge in [-0.3, -0.25) is 0 Å². The highest BCUT2D eigenvalue weighted by molar-refractivity contribution is 5.25. The zero-order valence-corrected chi connectivity index (χ0v) is 9.87. The average Bonchev–Trinajstić information content (AvgIpc) is 2.72. The summed E-state index contributed by atoms with van der Waals surface area (Å²) in [6, 6.07) is 5.27. The lowest BCUT2D eigenvalue weighted by Gasteiger charge is -2.17. The molecule has 1 fully saturated rings. The van der Waals surface area contributed by atoms with E-state index in [1.165, 1.54) is 6.07 Å². The summed E-state index contributed by atoms with van der Waals surface area (Å²) in [5.74, 6) is 0. The molecule has 0 aliphatic heterocycles. The normalized spacial score (nSPS) is 24.4. The Morgan fingerprint density at radius 1 is 1.28 bits per heavy atom. The number of nitrogens with one attached hydrogen (secondary N) is 1. The van der Waals surface area contributed by atoms with Crippen LogP contribution in [0.15, 0.2) is 24.3 Å². The molecule has 0 amide bonds. The zero-order chi connectivity index (χ0) is 13.2. The molecule has 5 heteroatoms. The summed E-state index contributed by atoms with van der Waals surface area (Å²) in [4.78, 5) is 0. The van der Waals surface area contributed by atoms with Crippen LogP contribution in [0.2, 0.25) is 0 Å². The number of aliphatic hydroxyl groups is 1. The number of benzene rings is 1. The first-order chi connectivity index (χ1) is 8.47.